The zero-order valence-corrected chi connectivity index (χ0v) is 14.2. The Bertz CT molecular complexity index is 561. The van der Waals surface area contributed by atoms with Gasteiger partial charge in [0.05, 0.1) is 0 Å². The third-order valence-electron chi connectivity index (χ3n) is 3.01. The number of anilines is 2. The number of hydrogen-bond donors (Lipinski definition) is 0. The van der Waals surface area contributed by atoms with E-state index in [9.17, 15) is 9.59 Å². The summed E-state index contributed by atoms with van der Waals surface area (Å²) in [4.78, 5) is 27.6. The Morgan fingerprint density at radius 3 is 1.38 bits per heavy atom. The van der Waals surface area contributed by atoms with Gasteiger partial charge < -0.3 is 0 Å². The molecule has 0 fully saturated rings. The Balaban J connectivity index is 2.01. The van der Waals surface area contributed by atoms with E-state index in [0.29, 0.717) is 0 Å². The standard InChI is InChI=1S/C16H16N2O2Te/c1-17(13-9-5-3-6-10-13)15(19)21-16(20)18(2)14-11-7-4-8-12-14/h3-12H,1-2H3. The normalized spacial score (nSPS) is 10.0. The van der Waals surface area contributed by atoms with Crippen LogP contribution in [0.3, 0.4) is 0 Å². The molecule has 0 bridgehead atoms. The molecule has 0 spiro atoms. The second kappa shape index (κ2) is 7.26. The van der Waals surface area contributed by atoms with E-state index < -0.39 is 20.9 Å². The van der Waals surface area contributed by atoms with E-state index in [2.05, 4.69) is 0 Å². The Hall–Kier alpha value is -1.83. The van der Waals surface area contributed by atoms with Crippen molar-refractivity contribution < 1.29 is 9.59 Å². The summed E-state index contributed by atoms with van der Waals surface area (Å²) in [5.74, 6) is 0. The molecule has 0 radical (unpaired) electrons. The summed E-state index contributed by atoms with van der Waals surface area (Å²) in [6.07, 6.45) is 0. The molecule has 0 aliphatic heterocycles. The summed E-state index contributed by atoms with van der Waals surface area (Å²) >= 11 is -1.46. The first-order valence-corrected chi connectivity index (χ1v) is 8.76. The zero-order valence-electron chi connectivity index (χ0n) is 11.9. The monoisotopic (exact) mass is 398 g/mol. The first kappa shape index (κ1) is 15.6. The van der Waals surface area contributed by atoms with Gasteiger partial charge in [-0.1, -0.05) is 0 Å². The van der Waals surface area contributed by atoms with Gasteiger partial charge in [0, 0.05) is 0 Å². The third kappa shape index (κ3) is 4.07. The molecule has 0 unspecified atom stereocenters. The number of carbonyl (C=O) groups is 2. The number of carbonyl (C=O) groups excluding carboxylic acids is 2. The fourth-order valence-corrected chi connectivity index (χ4v) is 3.54. The molecular weight excluding hydrogens is 380 g/mol. The molecule has 2 rings (SSSR count). The van der Waals surface area contributed by atoms with Crippen LogP contribution in [0.15, 0.2) is 60.7 Å². The molecule has 0 saturated carbocycles. The van der Waals surface area contributed by atoms with Crippen LogP contribution in [0.5, 0.6) is 0 Å². The summed E-state index contributed by atoms with van der Waals surface area (Å²) < 4.78 is -0.196. The van der Waals surface area contributed by atoms with E-state index in [1.807, 2.05) is 60.7 Å². The SMILES string of the molecule is CN(C(=O)[Te]C(=O)N(C)c1ccccc1)c1ccccc1. The molecule has 2 aromatic rings. The van der Waals surface area contributed by atoms with Crippen molar-refractivity contribution in [1.82, 2.24) is 0 Å². The van der Waals surface area contributed by atoms with Gasteiger partial charge >= 0.3 is 134 Å². The van der Waals surface area contributed by atoms with E-state index in [-0.39, 0.29) is 7.91 Å². The molecule has 0 aromatic heterocycles. The van der Waals surface area contributed by atoms with E-state index >= 15 is 0 Å². The summed E-state index contributed by atoms with van der Waals surface area (Å²) in [5, 5.41) is 0. The molecule has 2 amide bonds. The number of benzene rings is 2. The van der Waals surface area contributed by atoms with E-state index in [4.69, 9.17) is 0 Å². The number of nitrogens with zero attached hydrogens (tertiary/aromatic N) is 2. The van der Waals surface area contributed by atoms with Gasteiger partial charge in [-0.05, 0) is 0 Å². The maximum atomic E-state index is 12.2. The van der Waals surface area contributed by atoms with Gasteiger partial charge in [-0.2, -0.15) is 0 Å². The fourth-order valence-electron chi connectivity index (χ4n) is 1.73. The molecule has 0 atom stereocenters. The predicted molar refractivity (Wildman–Crippen MR) is 86.2 cm³/mol. The summed E-state index contributed by atoms with van der Waals surface area (Å²) in [6.45, 7) is 0. The van der Waals surface area contributed by atoms with E-state index in [1.54, 1.807) is 23.9 Å². The average molecular weight is 396 g/mol. The van der Waals surface area contributed by atoms with Crippen LogP contribution in [-0.2, 0) is 0 Å². The summed E-state index contributed by atoms with van der Waals surface area (Å²) in [5.41, 5.74) is 1.62. The number of hydrogen-bond acceptors (Lipinski definition) is 2. The van der Waals surface area contributed by atoms with Gasteiger partial charge in [0.2, 0.25) is 0 Å². The molecule has 0 aliphatic rings. The summed E-state index contributed by atoms with van der Waals surface area (Å²) in [7, 11) is 3.41. The second-order valence-electron chi connectivity index (χ2n) is 4.42. The van der Waals surface area contributed by atoms with Crippen LogP contribution in [0.1, 0.15) is 0 Å². The van der Waals surface area contributed by atoms with Crippen LogP contribution in [-0.4, -0.2) is 42.9 Å². The molecule has 108 valence electrons. The molecule has 0 N–H and O–H groups in total. The zero-order chi connectivity index (χ0) is 15.2. The molecule has 4 nitrogen and oxygen atoms in total. The van der Waals surface area contributed by atoms with Crippen molar-refractivity contribution in [2.45, 2.75) is 0 Å². The Kier molecular flexibility index (Phi) is 5.38. The topological polar surface area (TPSA) is 40.6 Å². The van der Waals surface area contributed by atoms with Gasteiger partial charge in [-0.25, -0.2) is 0 Å². The van der Waals surface area contributed by atoms with Crippen molar-refractivity contribution in [3.63, 3.8) is 0 Å². The number of para-hydroxylation sites is 2. The van der Waals surface area contributed by atoms with Crippen LogP contribution in [0.25, 0.3) is 0 Å². The molecular formula is C16H16N2O2Te. The van der Waals surface area contributed by atoms with E-state index in [1.165, 1.54) is 0 Å². The third-order valence-corrected chi connectivity index (χ3v) is 5.57. The van der Waals surface area contributed by atoms with Crippen LogP contribution in [0.4, 0.5) is 21.0 Å². The van der Waals surface area contributed by atoms with Crippen LogP contribution in [0, 0.1) is 0 Å². The van der Waals surface area contributed by atoms with Gasteiger partial charge in [-0.15, -0.1) is 0 Å². The fraction of sp³-hybridized carbons (Fsp3) is 0.125. The van der Waals surface area contributed by atoms with Crippen molar-refractivity contribution in [3.8, 4) is 0 Å². The Morgan fingerprint density at radius 2 is 1.05 bits per heavy atom. The minimum absolute atomic E-state index is 0.0978. The van der Waals surface area contributed by atoms with Crippen molar-refractivity contribution in [3.05, 3.63) is 60.7 Å². The van der Waals surface area contributed by atoms with Crippen LogP contribution >= 0.6 is 0 Å². The van der Waals surface area contributed by atoms with E-state index in [0.717, 1.165) is 11.4 Å². The molecule has 21 heavy (non-hydrogen) atoms. The first-order chi connectivity index (χ1) is 10.1. The number of rotatable bonds is 4. The average Bonchev–Trinajstić information content (AvgIpc) is 2.55. The van der Waals surface area contributed by atoms with Crippen LogP contribution < -0.4 is 9.80 Å². The Morgan fingerprint density at radius 1 is 0.714 bits per heavy atom. The second-order valence-corrected chi connectivity index (χ2v) is 7.00. The van der Waals surface area contributed by atoms with Gasteiger partial charge in [0.25, 0.3) is 0 Å². The maximum absolute atomic E-state index is 12.2. The molecule has 0 aliphatic carbocycles. The first-order valence-electron chi connectivity index (χ1n) is 6.43. The molecule has 5 heteroatoms. The van der Waals surface area contributed by atoms with Crippen molar-refractivity contribution in [2.75, 3.05) is 23.9 Å². The predicted octanol–water partition coefficient (Wildman–Crippen LogP) is 3.20. The van der Waals surface area contributed by atoms with Gasteiger partial charge in [0.1, 0.15) is 0 Å². The molecule has 0 saturated heterocycles. The van der Waals surface area contributed by atoms with Gasteiger partial charge in [-0.3, -0.25) is 0 Å². The minimum atomic E-state index is -1.46. The van der Waals surface area contributed by atoms with Crippen LogP contribution in [0.2, 0.25) is 0 Å². The Labute approximate surface area is 134 Å². The quantitative estimate of drug-likeness (QED) is 0.746. The summed E-state index contributed by atoms with van der Waals surface area (Å²) in [6, 6.07) is 18.7. The molecule has 2 aromatic carbocycles. The molecule has 0 heterocycles. The van der Waals surface area contributed by atoms with Crippen molar-refractivity contribution >= 4 is 40.2 Å². The van der Waals surface area contributed by atoms with Crippen molar-refractivity contribution in [1.29, 1.82) is 0 Å². The van der Waals surface area contributed by atoms with Gasteiger partial charge in [0.15, 0.2) is 0 Å². The van der Waals surface area contributed by atoms with Crippen molar-refractivity contribution in [2.24, 2.45) is 0 Å². The number of amides is 2.